The Bertz CT molecular complexity index is 511. The van der Waals surface area contributed by atoms with Crippen LogP contribution in [-0.4, -0.2) is 24.5 Å². The molecule has 2 rings (SSSR count). The van der Waals surface area contributed by atoms with Gasteiger partial charge in [-0.05, 0) is 37.1 Å². The summed E-state index contributed by atoms with van der Waals surface area (Å²) in [7, 11) is 0. The van der Waals surface area contributed by atoms with E-state index in [0.717, 1.165) is 17.3 Å². The number of anilines is 1. The Morgan fingerprint density at radius 3 is 2.35 bits per heavy atom. The van der Waals surface area contributed by atoms with E-state index in [4.69, 9.17) is 0 Å². The van der Waals surface area contributed by atoms with Crippen LogP contribution in [0.2, 0.25) is 0 Å². The number of hydrogen-bond donors (Lipinski definition) is 3. The molecular weight excluding hydrogens is 358 g/mol. The first kappa shape index (κ1) is 17.8. The van der Waals surface area contributed by atoms with Gasteiger partial charge in [-0.1, -0.05) is 41.6 Å². The zero-order valence-electron chi connectivity index (χ0n) is 13.2. The van der Waals surface area contributed by atoms with Crippen molar-refractivity contribution in [2.75, 3.05) is 11.9 Å². The minimum absolute atomic E-state index is 0.0147. The monoisotopic (exact) mass is 381 g/mol. The summed E-state index contributed by atoms with van der Waals surface area (Å²) in [5.41, 5.74) is 0.716. The first-order valence-corrected chi connectivity index (χ1v) is 9.02. The molecule has 1 aliphatic carbocycles. The topological polar surface area (TPSA) is 70.2 Å². The van der Waals surface area contributed by atoms with Crippen LogP contribution in [0.5, 0.6) is 0 Å². The fraction of sp³-hybridized carbons (Fsp3) is 0.529. The average molecular weight is 382 g/mol. The van der Waals surface area contributed by atoms with Gasteiger partial charge in [0.1, 0.15) is 0 Å². The number of carbonyl (C=O) groups is 2. The number of urea groups is 1. The van der Waals surface area contributed by atoms with Gasteiger partial charge in [-0.2, -0.15) is 0 Å². The summed E-state index contributed by atoms with van der Waals surface area (Å²) in [5.74, 6) is 0.0147. The number of nitrogens with one attached hydrogen (secondary N) is 3. The quantitative estimate of drug-likeness (QED) is 0.678. The van der Waals surface area contributed by atoms with Gasteiger partial charge in [0.25, 0.3) is 0 Å². The second kappa shape index (κ2) is 9.55. The largest absolute Gasteiger partial charge is 0.353 e. The Labute approximate surface area is 145 Å². The Morgan fingerprint density at radius 2 is 1.70 bits per heavy atom. The van der Waals surface area contributed by atoms with E-state index in [1.165, 1.54) is 25.7 Å². The van der Waals surface area contributed by atoms with Gasteiger partial charge in [0.2, 0.25) is 5.91 Å². The maximum atomic E-state index is 11.9. The zero-order valence-corrected chi connectivity index (χ0v) is 14.8. The van der Waals surface area contributed by atoms with Gasteiger partial charge < -0.3 is 16.0 Å². The van der Waals surface area contributed by atoms with Crippen LogP contribution in [0.15, 0.2) is 28.7 Å². The van der Waals surface area contributed by atoms with Gasteiger partial charge in [0, 0.05) is 29.2 Å². The number of rotatable bonds is 5. The standard InChI is InChI=1S/C17H24BrN3O2/c18-13-7-9-15(10-8-13)21-17(23)19-12-11-16(22)20-14-5-3-1-2-4-6-14/h7-10,14H,1-6,11-12H2,(H,20,22)(H2,19,21,23). The number of halogens is 1. The molecule has 6 heteroatoms. The van der Waals surface area contributed by atoms with E-state index >= 15 is 0 Å². The summed E-state index contributed by atoms with van der Waals surface area (Å²) in [6, 6.07) is 7.34. The molecule has 1 saturated carbocycles. The molecule has 1 aliphatic rings. The van der Waals surface area contributed by atoms with Crippen LogP contribution in [0.1, 0.15) is 44.9 Å². The van der Waals surface area contributed by atoms with E-state index in [9.17, 15) is 9.59 Å². The van der Waals surface area contributed by atoms with Crippen LogP contribution >= 0.6 is 15.9 Å². The third-order valence-corrected chi connectivity index (χ3v) is 4.49. The first-order chi connectivity index (χ1) is 11.1. The maximum absolute atomic E-state index is 11.9. The summed E-state index contributed by atoms with van der Waals surface area (Å²) in [5, 5.41) is 8.51. The van der Waals surface area contributed by atoms with Crippen molar-refractivity contribution in [3.63, 3.8) is 0 Å². The molecule has 0 aromatic heterocycles. The van der Waals surface area contributed by atoms with Gasteiger partial charge >= 0.3 is 6.03 Å². The Hall–Kier alpha value is -1.56. The van der Waals surface area contributed by atoms with Crippen LogP contribution in [0.3, 0.4) is 0 Å². The van der Waals surface area contributed by atoms with Crippen molar-refractivity contribution in [1.82, 2.24) is 10.6 Å². The fourth-order valence-electron chi connectivity index (χ4n) is 2.72. The van der Waals surface area contributed by atoms with Gasteiger partial charge in [0.05, 0.1) is 0 Å². The third kappa shape index (κ3) is 7.03. The second-order valence-electron chi connectivity index (χ2n) is 5.89. The number of benzene rings is 1. The molecule has 0 atom stereocenters. The van der Waals surface area contributed by atoms with E-state index in [1.807, 2.05) is 24.3 Å². The molecule has 1 aromatic carbocycles. The highest BCUT2D eigenvalue weighted by atomic mass is 79.9. The van der Waals surface area contributed by atoms with Crippen LogP contribution < -0.4 is 16.0 Å². The molecule has 0 unspecified atom stereocenters. The Kier molecular flexibility index (Phi) is 7.39. The molecule has 1 aromatic rings. The van der Waals surface area contributed by atoms with Crippen molar-refractivity contribution in [2.45, 2.75) is 51.0 Å². The van der Waals surface area contributed by atoms with E-state index in [1.54, 1.807) is 0 Å². The first-order valence-electron chi connectivity index (χ1n) is 8.23. The minimum atomic E-state index is -0.297. The number of hydrogen-bond acceptors (Lipinski definition) is 2. The number of amides is 3. The average Bonchev–Trinajstić information content (AvgIpc) is 2.78. The highest BCUT2D eigenvalue weighted by Crippen LogP contribution is 2.17. The normalized spacial score (nSPS) is 15.5. The van der Waals surface area contributed by atoms with Crippen molar-refractivity contribution in [3.8, 4) is 0 Å². The molecule has 3 N–H and O–H groups in total. The summed E-state index contributed by atoms with van der Waals surface area (Å²) in [4.78, 5) is 23.7. The van der Waals surface area contributed by atoms with Crippen molar-refractivity contribution in [1.29, 1.82) is 0 Å². The molecule has 0 saturated heterocycles. The maximum Gasteiger partial charge on any atom is 0.319 e. The van der Waals surface area contributed by atoms with Crippen molar-refractivity contribution in [2.24, 2.45) is 0 Å². The zero-order chi connectivity index (χ0) is 16.5. The number of carbonyl (C=O) groups excluding carboxylic acids is 2. The molecule has 0 bridgehead atoms. The van der Waals surface area contributed by atoms with E-state index in [2.05, 4.69) is 31.9 Å². The molecule has 23 heavy (non-hydrogen) atoms. The summed E-state index contributed by atoms with van der Waals surface area (Å²) < 4.78 is 0.957. The van der Waals surface area contributed by atoms with Gasteiger partial charge in [-0.25, -0.2) is 4.79 Å². The highest BCUT2D eigenvalue weighted by Gasteiger charge is 2.14. The van der Waals surface area contributed by atoms with E-state index in [0.29, 0.717) is 24.7 Å². The predicted octanol–water partition coefficient (Wildman–Crippen LogP) is 3.80. The lowest BCUT2D eigenvalue weighted by molar-refractivity contribution is -0.121. The summed E-state index contributed by atoms with van der Waals surface area (Å²) in [6.07, 6.45) is 7.38. The van der Waals surface area contributed by atoms with E-state index in [-0.39, 0.29) is 11.9 Å². The third-order valence-electron chi connectivity index (χ3n) is 3.96. The van der Waals surface area contributed by atoms with Crippen LogP contribution in [0.25, 0.3) is 0 Å². The molecule has 0 spiro atoms. The molecule has 5 nitrogen and oxygen atoms in total. The lowest BCUT2D eigenvalue weighted by Crippen LogP contribution is -2.37. The fourth-order valence-corrected chi connectivity index (χ4v) is 2.99. The Balaban J connectivity index is 1.62. The molecule has 0 heterocycles. The van der Waals surface area contributed by atoms with Crippen LogP contribution in [-0.2, 0) is 4.79 Å². The van der Waals surface area contributed by atoms with Crippen LogP contribution in [0.4, 0.5) is 10.5 Å². The summed E-state index contributed by atoms with van der Waals surface area (Å²) in [6.45, 7) is 0.334. The Morgan fingerprint density at radius 1 is 1.04 bits per heavy atom. The van der Waals surface area contributed by atoms with Gasteiger partial charge in [-0.15, -0.1) is 0 Å². The smallest absolute Gasteiger partial charge is 0.319 e. The van der Waals surface area contributed by atoms with Crippen molar-refractivity contribution < 1.29 is 9.59 Å². The lowest BCUT2D eigenvalue weighted by atomic mass is 10.1. The minimum Gasteiger partial charge on any atom is -0.353 e. The van der Waals surface area contributed by atoms with Gasteiger partial charge in [-0.3, -0.25) is 4.79 Å². The molecule has 1 fully saturated rings. The molecular formula is C17H24BrN3O2. The molecule has 0 radical (unpaired) electrons. The summed E-state index contributed by atoms with van der Waals surface area (Å²) >= 11 is 3.34. The SMILES string of the molecule is O=C(CCNC(=O)Nc1ccc(Br)cc1)NC1CCCCCC1. The van der Waals surface area contributed by atoms with Gasteiger partial charge in [0.15, 0.2) is 0 Å². The lowest BCUT2D eigenvalue weighted by Gasteiger charge is -2.16. The van der Waals surface area contributed by atoms with Crippen molar-refractivity contribution >= 4 is 33.6 Å². The van der Waals surface area contributed by atoms with E-state index < -0.39 is 0 Å². The predicted molar refractivity (Wildman–Crippen MR) is 95.4 cm³/mol. The highest BCUT2D eigenvalue weighted by molar-refractivity contribution is 9.10. The molecule has 3 amide bonds. The second-order valence-corrected chi connectivity index (χ2v) is 6.81. The van der Waals surface area contributed by atoms with Crippen LogP contribution in [0, 0.1) is 0 Å². The molecule has 0 aliphatic heterocycles. The molecule has 126 valence electrons. The van der Waals surface area contributed by atoms with Crippen molar-refractivity contribution in [3.05, 3.63) is 28.7 Å².